The lowest BCUT2D eigenvalue weighted by molar-refractivity contribution is -0.820. The topological polar surface area (TPSA) is 16.6 Å². The molecule has 0 radical (unpaired) electrons. The average molecular weight is 678 g/mol. The van der Waals surface area contributed by atoms with Crippen molar-refractivity contribution in [2.24, 2.45) is 7.05 Å². The van der Waals surface area contributed by atoms with Gasteiger partial charge in [0.05, 0.1) is 11.1 Å². The van der Waals surface area contributed by atoms with Crippen LogP contribution in [0, 0.1) is 13.8 Å². The highest BCUT2D eigenvalue weighted by atomic mass is 15.2. The lowest BCUT2D eigenvalue weighted by Gasteiger charge is -2.31. The van der Waals surface area contributed by atoms with Crippen molar-refractivity contribution in [3.05, 3.63) is 174 Å². The van der Waals surface area contributed by atoms with Crippen molar-refractivity contribution in [2.45, 2.75) is 52.2 Å². The Balaban J connectivity index is 1.48. The molecule has 5 heterocycles. The third kappa shape index (κ3) is 4.77. The van der Waals surface area contributed by atoms with E-state index in [0.717, 1.165) is 13.0 Å². The predicted molar refractivity (Wildman–Crippen MR) is 211 cm³/mol. The monoisotopic (exact) mass is 677 g/mol. The van der Waals surface area contributed by atoms with Crippen LogP contribution in [0.1, 0.15) is 48.6 Å². The molecule has 8 aromatic rings. The minimum absolute atomic E-state index is 0.0500. The van der Waals surface area contributed by atoms with Crippen LogP contribution in [-0.4, -0.2) is 4.57 Å². The van der Waals surface area contributed by atoms with Gasteiger partial charge in [-0.25, -0.2) is 4.57 Å². The predicted octanol–water partition coefficient (Wildman–Crippen LogP) is 9.59. The lowest BCUT2D eigenvalue weighted by atomic mass is 9.76. The number of aryl methyl sites for hydroxylation is 4. The molecule has 0 aliphatic carbocycles. The summed E-state index contributed by atoms with van der Waals surface area (Å²) in [6, 6.07) is 49.7. The number of fused-ring (bicyclic) bond motifs is 6. The van der Waals surface area contributed by atoms with Crippen molar-refractivity contribution in [2.75, 3.05) is 0 Å². The maximum atomic E-state index is 2.58. The summed E-state index contributed by atoms with van der Waals surface area (Å²) < 4.78 is 9.97. The summed E-state index contributed by atoms with van der Waals surface area (Å²) in [6.07, 6.45) is 7.91. The third-order valence-electron chi connectivity index (χ3n) is 11.5. The zero-order chi connectivity index (χ0) is 35.6. The van der Waals surface area contributed by atoms with Gasteiger partial charge in [0, 0.05) is 87.9 Å². The number of rotatable bonds is 7. The fourth-order valence-electron chi connectivity index (χ4n) is 9.15. The van der Waals surface area contributed by atoms with E-state index in [1.807, 2.05) is 0 Å². The second kappa shape index (κ2) is 12.4. The first-order valence-corrected chi connectivity index (χ1v) is 18.6. The average Bonchev–Trinajstić information content (AvgIpc) is 3.67. The molecule has 2 atom stereocenters. The second-order valence-electron chi connectivity index (χ2n) is 14.7. The molecule has 4 aromatic carbocycles. The molecule has 0 bridgehead atoms. The summed E-state index contributed by atoms with van der Waals surface area (Å²) >= 11 is 0. The molecule has 0 spiro atoms. The van der Waals surface area contributed by atoms with Gasteiger partial charge in [-0.2, -0.15) is 9.13 Å². The normalized spacial score (nSPS) is 14.8. The molecule has 4 heteroatoms. The number of hydrogen-bond donors (Lipinski definition) is 0. The van der Waals surface area contributed by atoms with Gasteiger partial charge in [-0.1, -0.05) is 61.5 Å². The Morgan fingerprint density at radius 2 is 1.35 bits per heavy atom. The Kier molecular flexibility index (Phi) is 7.66. The molecule has 0 N–H and O–H groups in total. The van der Waals surface area contributed by atoms with E-state index in [1.54, 1.807) is 0 Å². The first-order valence-electron chi connectivity index (χ1n) is 18.6. The fraction of sp³-hybridized carbons (Fsp3) is 0.188. The minimum atomic E-state index is -0.610. The Bertz CT molecular complexity index is 2620. The summed E-state index contributed by atoms with van der Waals surface area (Å²) in [5, 5.41) is 2.59. The van der Waals surface area contributed by atoms with Gasteiger partial charge in [0.2, 0.25) is 17.1 Å². The third-order valence-corrected chi connectivity index (χ3v) is 11.5. The maximum absolute atomic E-state index is 2.58. The van der Waals surface area contributed by atoms with Gasteiger partial charge in [0.15, 0.2) is 18.6 Å². The molecule has 4 nitrogen and oxygen atoms in total. The van der Waals surface area contributed by atoms with Gasteiger partial charge in [0.1, 0.15) is 7.05 Å². The van der Waals surface area contributed by atoms with Crippen LogP contribution in [0.3, 0.4) is 0 Å². The molecular weight excluding hydrogens is 633 g/mol. The van der Waals surface area contributed by atoms with Crippen LogP contribution < -0.4 is 13.7 Å². The summed E-state index contributed by atoms with van der Waals surface area (Å²) in [6.45, 7) is 10.1. The van der Waals surface area contributed by atoms with Gasteiger partial charge in [-0.15, -0.1) is 0 Å². The molecular formula is C48H45N4+3. The summed E-state index contributed by atoms with van der Waals surface area (Å²) in [5.41, 5.74) is 14.5. The van der Waals surface area contributed by atoms with E-state index in [9.17, 15) is 0 Å². The molecule has 52 heavy (non-hydrogen) atoms. The van der Waals surface area contributed by atoms with Gasteiger partial charge < -0.3 is 4.57 Å². The second-order valence-corrected chi connectivity index (χ2v) is 14.7. The largest absolute Gasteiger partial charge is 0.340 e. The number of aromatic nitrogens is 4. The maximum Gasteiger partial charge on any atom is 0.257 e. The van der Waals surface area contributed by atoms with E-state index in [-0.39, 0.29) is 6.04 Å². The van der Waals surface area contributed by atoms with Crippen LogP contribution in [0.2, 0.25) is 0 Å². The first-order chi connectivity index (χ1) is 25.4. The number of hydrogen-bond acceptors (Lipinski definition) is 0. The van der Waals surface area contributed by atoms with Gasteiger partial charge >= 0.3 is 0 Å². The first kappa shape index (κ1) is 32.1. The quantitative estimate of drug-likeness (QED) is 0.150. The fourth-order valence-corrected chi connectivity index (χ4v) is 9.15. The van der Waals surface area contributed by atoms with Crippen LogP contribution in [-0.2, 0) is 19.1 Å². The molecule has 1 aliphatic rings. The van der Waals surface area contributed by atoms with Crippen molar-refractivity contribution < 1.29 is 13.7 Å². The highest BCUT2D eigenvalue weighted by Gasteiger charge is 2.58. The molecule has 0 saturated carbocycles. The van der Waals surface area contributed by atoms with Crippen molar-refractivity contribution in [1.29, 1.82) is 0 Å². The molecule has 0 saturated heterocycles. The van der Waals surface area contributed by atoms with Crippen molar-refractivity contribution in [3.63, 3.8) is 0 Å². The summed E-state index contributed by atoms with van der Waals surface area (Å²) in [4.78, 5) is 0. The Morgan fingerprint density at radius 1 is 0.635 bits per heavy atom. The molecule has 0 fully saturated rings. The van der Waals surface area contributed by atoms with Crippen LogP contribution >= 0.6 is 0 Å². The van der Waals surface area contributed by atoms with Crippen LogP contribution in [0.15, 0.2) is 152 Å². The molecule has 1 aliphatic heterocycles. The Labute approximate surface area is 306 Å². The van der Waals surface area contributed by atoms with Crippen molar-refractivity contribution >= 4 is 21.8 Å². The van der Waals surface area contributed by atoms with Crippen molar-refractivity contribution in [1.82, 2.24) is 4.57 Å². The summed E-state index contributed by atoms with van der Waals surface area (Å²) in [5.74, 6) is 0. The van der Waals surface area contributed by atoms with E-state index >= 15 is 0 Å². The highest BCUT2D eigenvalue weighted by Crippen LogP contribution is 2.48. The number of pyridine rings is 3. The standard InChI is InChI=1S/C48H45N4/c1-6-27-50-43-22-12-11-20-37(43)39-30-40(42-26-25-33(2)32-49(42)5)41(31-46(39)50)48(4,52-29-16-14-24-45(52)35-18-8-7-17-34(35)3)47-38-21-10-9-19-36(38)44-23-13-15-28-51(44)47/h7-26,28-32,47H,6,27H2,1-5H3/q+3. The summed E-state index contributed by atoms with van der Waals surface area (Å²) in [7, 11) is 2.19. The molecule has 0 amide bonds. The zero-order valence-corrected chi connectivity index (χ0v) is 30.7. The van der Waals surface area contributed by atoms with E-state index in [0.29, 0.717) is 0 Å². The SMILES string of the molecule is CCCn1c2ccccc2c2cc(-c3ccc(C)c[n+]3C)c(C(C)(C3c4ccccc4-c4cccc[n+]43)[n+]3ccccc3-c3ccccc3C)cc21. The molecule has 2 unspecified atom stereocenters. The number of nitrogens with zero attached hydrogens (tertiary/aromatic N) is 4. The molecule has 4 aromatic heterocycles. The van der Waals surface area contributed by atoms with Gasteiger partial charge in [0.25, 0.3) is 11.6 Å². The Morgan fingerprint density at radius 3 is 2.15 bits per heavy atom. The number of para-hydroxylation sites is 1. The number of benzene rings is 4. The highest BCUT2D eigenvalue weighted by molar-refractivity contribution is 6.09. The van der Waals surface area contributed by atoms with E-state index < -0.39 is 5.54 Å². The van der Waals surface area contributed by atoms with E-state index in [4.69, 9.17) is 0 Å². The molecule has 9 rings (SSSR count). The van der Waals surface area contributed by atoms with E-state index in [2.05, 4.69) is 205 Å². The van der Waals surface area contributed by atoms with Crippen molar-refractivity contribution in [3.8, 4) is 33.8 Å². The van der Waals surface area contributed by atoms with Gasteiger partial charge in [-0.05, 0) is 74.4 Å². The smallest absolute Gasteiger partial charge is 0.257 e. The molecule has 254 valence electrons. The Hall–Kier alpha value is -5.87. The van der Waals surface area contributed by atoms with Crippen LogP contribution in [0.5, 0.6) is 0 Å². The van der Waals surface area contributed by atoms with Crippen LogP contribution in [0.4, 0.5) is 0 Å². The minimum Gasteiger partial charge on any atom is -0.340 e. The van der Waals surface area contributed by atoms with E-state index in [1.165, 1.54) is 77.8 Å². The zero-order valence-electron chi connectivity index (χ0n) is 30.7. The van der Waals surface area contributed by atoms with Gasteiger partial charge in [-0.3, -0.25) is 0 Å². The van der Waals surface area contributed by atoms with Crippen LogP contribution in [0.25, 0.3) is 55.6 Å². The lowest BCUT2D eigenvalue weighted by Crippen LogP contribution is -2.65.